The molecular weight excluding hydrogens is 793 g/mol. The lowest BCUT2D eigenvalue weighted by Gasteiger charge is -2.18. The summed E-state index contributed by atoms with van der Waals surface area (Å²) in [5.41, 5.74) is 0. The van der Waals surface area contributed by atoms with Crippen LogP contribution < -0.4 is 0 Å². The summed E-state index contributed by atoms with van der Waals surface area (Å²) < 4.78 is 16.8. The smallest absolute Gasteiger partial charge is 0.306 e. The number of allylic oxidation sites excluding steroid dienone is 6. The van der Waals surface area contributed by atoms with Crippen molar-refractivity contribution in [2.24, 2.45) is 0 Å². The summed E-state index contributed by atoms with van der Waals surface area (Å²) in [6.07, 6.45) is 62.7. The van der Waals surface area contributed by atoms with Crippen molar-refractivity contribution in [2.45, 2.75) is 303 Å². The van der Waals surface area contributed by atoms with Crippen molar-refractivity contribution in [3.05, 3.63) is 36.5 Å². The van der Waals surface area contributed by atoms with Gasteiger partial charge >= 0.3 is 17.9 Å². The van der Waals surface area contributed by atoms with Crippen LogP contribution in [0.5, 0.6) is 0 Å². The van der Waals surface area contributed by atoms with Crippen LogP contribution in [0.4, 0.5) is 0 Å². The molecule has 6 heteroatoms. The lowest BCUT2D eigenvalue weighted by atomic mass is 10.0. The van der Waals surface area contributed by atoms with E-state index in [4.69, 9.17) is 14.2 Å². The zero-order valence-corrected chi connectivity index (χ0v) is 42.8. The topological polar surface area (TPSA) is 78.9 Å². The lowest BCUT2D eigenvalue weighted by Crippen LogP contribution is -2.30. The highest BCUT2D eigenvalue weighted by molar-refractivity contribution is 5.71. The second kappa shape index (κ2) is 53.2. The van der Waals surface area contributed by atoms with E-state index in [2.05, 4.69) is 57.2 Å². The Morgan fingerprint density at radius 2 is 0.562 bits per heavy atom. The maximum Gasteiger partial charge on any atom is 0.306 e. The molecule has 0 aromatic rings. The minimum atomic E-state index is -0.776. The summed E-state index contributed by atoms with van der Waals surface area (Å²) >= 11 is 0. The Morgan fingerprint density at radius 3 is 0.906 bits per heavy atom. The van der Waals surface area contributed by atoms with Crippen LogP contribution in [0.2, 0.25) is 0 Å². The number of carbonyl (C=O) groups is 3. The molecule has 0 rings (SSSR count). The second-order valence-electron chi connectivity index (χ2n) is 18.8. The molecule has 1 atom stereocenters. The predicted octanol–water partition coefficient (Wildman–Crippen LogP) is 18.5. The van der Waals surface area contributed by atoms with Crippen molar-refractivity contribution in [2.75, 3.05) is 13.2 Å². The van der Waals surface area contributed by atoms with E-state index in [9.17, 15) is 14.4 Å². The minimum absolute atomic E-state index is 0.0747. The molecule has 0 amide bonds. The molecule has 6 nitrogen and oxygen atoms in total. The average Bonchev–Trinajstić information content (AvgIpc) is 3.29. The Kier molecular flexibility index (Phi) is 51.3. The summed E-state index contributed by atoms with van der Waals surface area (Å²) in [6.45, 7) is 6.63. The molecule has 0 aliphatic carbocycles. The van der Waals surface area contributed by atoms with E-state index in [1.54, 1.807) is 0 Å². The number of esters is 3. The SMILES string of the molecule is CCCCC/C=C\C/C=C\CCCCCCCCCC(=O)OC[C@@H](COC(=O)CCCCCCCCCCCCCCC)OC(=O)CCCCCCC/C=C\CCCCCCCCC. The van der Waals surface area contributed by atoms with E-state index >= 15 is 0 Å². The Labute approximate surface area is 397 Å². The molecule has 0 spiro atoms. The van der Waals surface area contributed by atoms with Gasteiger partial charge in [0.15, 0.2) is 6.10 Å². The number of hydrogen-bond acceptors (Lipinski definition) is 6. The molecule has 0 aliphatic rings. The molecular formula is C58H106O6. The van der Waals surface area contributed by atoms with Crippen LogP contribution in [0.15, 0.2) is 36.5 Å². The zero-order chi connectivity index (χ0) is 46.5. The first-order valence-corrected chi connectivity index (χ1v) is 28.0. The number of rotatable bonds is 51. The van der Waals surface area contributed by atoms with Gasteiger partial charge in [-0.1, -0.05) is 237 Å². The highest BCUT2D eigenvalue weighted by atomic mass is 16.6. The van der Waals surface area contributed by atoms with Gasteiger partial charge in [0, 0.05) is 19.3 Å². The predicted molar refractivity (Wildman–Crippen MR) is 275 cm³/mol. The molecule has 0 heterocycles. The molecule has 0 fully saturated rings. The van der Waals surface area contributed by atoms with E-state index in [0.29, 0.717) is 19.3 Å². The maximum absolute atomic E-state index is 12.8. The van der Waals surface area contributed by atoms with Gasteiger partial charge in [0.05, 0.1) is 0 Å². The standard InChI is InChI=1S/C58H106O6/c1-4-7-10-13-16-19-22-25-27-29-31-33-36-39-42-45-48-51-57(60)63-54-55(53-62-56(59)50-47-44-41-38-35-32-24-21-18-15-12-9-6-3)64-58(61)52-49-46-43-40-37-34-30-28-26-23-20-17-14-11-8-5-2/h16,19,25,27-28,30,55H,4-15,17-18,20-24,26,29,31-54H2,1-3H3/b19-16-,27-25-,30-28-/t55-/m1/s1. The molecule has 0 bridgehead atoms. The molecule has 0 unspecified atom stereocenters. The highest BCUT2D eigenvalue weighted by Gasteiger charge is 2.19. The van der Waals surface area contributed by atoms with Gasteiger partial charge in [0.25, 0.3) is 0 Å². The first kappa shape index (κ1) is 61.6. The molecule has 374 valence electrons. The van der Waals surface area contributed by atoms with Crippen molar-refractivity contribution in [3.8, 4) is 0 Å². The third-order valence-electron chi connectivity index (χ3n) is 12.4. The Bertz CT molecular complexity index is 1080. The third kappa shape index (κ3) is 50.6. The monoisotopic (exact) mass is 899 g/mol. The fourth-order valence-corrected chi connectivity index (χ4v) is 8.12. The van der Waals surface area contributed by atoms with E-state index in [-0.39, 0.29) is 31.1 Å². The van der Waals surface area contributed by atoms with Crippen molar-refractivity contribution in [1.82, 2.24) is 0 Å². The van der Waals surface area contributed by atoms with Gasteiger partial charge < -0.3 is 14.2 Å². The van der Waals surface area contributed by atoms with E-state index < -0.39 is 6.10 Å². The van der Waals surface area contributed by atoms with Crippen LogP contribution in [0.25, 0.3) is 0 Å². The second-order valence-corrected chi connectivity index (χ2v) is 18.8. The molecule has 0 N–H and O–H groups in total. The van der Waals surface area contributed by atoms with Crippen molar-refractivity contribution in [1.29, 1.82) is 0 Å². The number of hydrogen-bond donors (Lipinski definition) is 0. The zero-order valence-electron chi connectivity index (χ0n) is 42.8. The lowest BCUT2D eigenvalue weighted by molar-refractivity contribution is -0.167. The van der Waals surface area contributed by atoms with E-state index in [1.165, 1.54) is 180 Å². The first-order valence-electron chi connectivity index (χ1n) is 28.0. The Balaban J connectivity index is 4.37. The Morgan fingerprint density at radius 1 is 0.312 bits per heavy atom. The van der Waals surface area contributed by atoms with Crippen LogP contribution in [0, 0.1) is 0 Å². The summed E-state index contributed by atoms with van der Waals surface area (Å²) in [7, 11) is 0. The van der Waals surface area contributed by atoms with Crippen molar-refractivity contribution < 1.29 is 28.6 Å². The van der Waals surface area contributed by atoms with Gasteiger partial charge in [-0.05, 0) is 77.0 Å². The number of carbonyl (C=O) groups excluding carboxylic acids is 3. The fourth-order valence-electron chi connectivity index (χ4n) is 8.12. The van der Waals surface area contributed by atoms with Crippen LogP contribution in [-0.2, 0) is 28.6 Å². The summed E-state index contributed by atoms with van der Waals surface area (Å²) in [6, 6.07) is 0. The van der Waals surface area contributed by atoms with Gasteiger partial charge in [0.2, 0.25) is 0 Å². The Hall–Kier alpha value is -2.37. The van der Waals surface area contributed by atoms with Crippen LogP contribution in [0.1, 0.15) is 297 Å². The van der Waals surface area contributed by atoms with Crippen LogP contribution in [0.3, 0.4) is 0 Å². The molecule has 0 saturated heterocycles. The maximum atomic E-state index is 12.8. The quantitative estimate of drug-likeness (QED) is 0.0262. The highest BCUT2D eigenvalue weighted by Crippen LogP contribution is 2.16. The van der Waals surface area contributed by atoms with E-state index in [1.807, 2.05) is 0 Å². The van der Waals surface area contributed by atoms with Crippen molar-refractivity contribution >= 4 is 17.9 Å². The largest absolute Gasteiger partial charge is 0.462 e. The molecule has 0 saturated carbocycles. The van der Waals surface area contributed by atoms with Gasteiger partial charge in [0.1, 0.15) is 13.2 Å². The summed E-state index contributed by atoms with van der Waals surface area (Å²) in [5, 5.41) is 0. The molecule has 0 aliphatic heterocycles. The van der Waals surface area contributed by atoms with Gasteiger partial charge in [-0.3, -0.25) is 14.4 Å². The van der Waals surface area contributed by atoms with Gasteiger partial charge in [-0.15, -0.1) is 0 Å². The normalized spacial score (nSPS) is 12.2. The average molecular weight is 899 g/mol. The number of unbranched alkanes of at least 4 members (excludes halogenated alkanes) is 34. The molecule has 0 radical (unpaired) electrons. The van der Waals surface area contributed by atoms with Crippen LogP contribution >= 0.6 is 0 Å². The molecule has 0 aromatic heterocycles. The van der Waals surface area contributed by atoms with Crippen LogP contribution in [-0.4, -0.2) is 37.2 Å². The van der Waals surface area contributed by atoms with Crippen molar-refractivity contribution in [3.63, 3.8) is 0 Å². The number of ether oxygens (including phenoxy) is 3. The first-order chi connectivity index (χ1) is 31.5. The molecule has 64 heavy (non-hydrogen) atoms. The summed E-state index contributed by atoms with van der Waals surface area (Å²) in [4.78, 5) is 38.1. The summed E-state index contributed by atoms with van der Waals surface area (Å²) in [5.74, 6) is -0.877. The minimum Gasteiger partial charge on any atom is -0.462 e. The van der Waals surface area contributed by atoms with Gasteiger partial charge in [-0.25, -0.2) is 0 Å². The molecule has 0 aromatic carbocycles. The third-order valence-corrected chi connectivity index (χ3v) is 12.4. The fraction of sp³-hybridized carbons (Fsp3) is 0.845. The van der Waals surface area contributed by atoms with Gasteiger partial charge in [-0.2, -0.15) is 0 Å². The van der Waals surface area contributed by atoms with E-state index in [0.717, 1.165) is 77.0 Å².